The van der Waals surface area contributed by atoms with Gasteiger partial charge < -0.3 is 9.15 Å². The Hall–Kier alpha value is -1.91. The third kappa shape index (κ3) is 2.31. The molecule has 2 heterocycles. The van der Waals surface area contributed by atoms with Crippen LogP contribution in [-0.4, -0.2) is 15.0 Å². The highest BCUT2D eigenvalue weighted by atomic mass is 16.5. The molecule has 2 rings (SSSR count). The maximum absolute atomic E-state index is 5.43. The largest absolute Gasteiger partial charge is 0.482 e. The molecular weight excluding hydrogens is 194 g/mol. The molecule has 0 radical (unpaired) electrons. The van der Waals surface area contributed by atoms with E-state index in [1.54, 1.807) is 12.4 Å². The number of rotatable bonds is 3. The van der Waals surface area contributed by atoms with E-state index < -0.39 is 0 Å². The number of ether oxygens (including phenoxy) is 1. The first-order valence-electron chi connectivity index (χ1n) is 4.56. The summed E-state index contributed by atoms with van der Waals surface area (Å²) < 4.78 is 10.8. The standard InChI is InChI=1S/C10H11N3O2/c1-7-10(15-8(2)13-7)5-14-9-3-11-6-12-4-9/h3-4,6H,5H2,1-2H3. The molecule has 0 aliphatic rings. The maximum Gasteiger partial charge on any atom is 0.191 e. The van der Waals surface area contributed by atoms with Crippen molar-refractivity contribution < 1.29 is 9.15 Å². The van der Waals surface area contributed by atoms with E-state index in [0.29, 0.717) is 18.2 Å². The van der Waals surface area contributed by atoms with Gasteiger partial charge in [-0.25, -0.2) is 15.0 Å². The number of oxazole rings is 1. The molecule has 0 aliphatic heterocycles. The fourth-order valence-electron chi connectivity index (χ4n) is 1.22. The summed E-state index contributed by atoms with van der Waals surface area (Å²) >= 11 is 0. The van der Waals surface area contributed by atoms with Gasteiger partial charge in [-0.3, -0.25) is 0 Å². The molecule has 5 heteroatoms. The van der Waals surface area contributed by atoms with Crippen molar-refractivity contribution in [3.63, 3.8) is 0 Å². The van der Waals surface area contributed by atoms with Gasteiger partial charge >= 0.3 is 0 Å². The summed E-state index contributed by atoms with van der Waals surface area (Å²) in [6.07, 6.45) is 4.66. The van der Waals surface area contributed by atoms with E-state index in [1.165, 1.54) is 6.33 Å². The molecule has 0 atom stereocenters. The van der Waals surface area contributed by atoms with Crippen molar-refractivity contribution in [2.75, 3.05) is 0 Å². The van der Waals surface area contributed by atoms with Crippen LogP contribution in [0.1, 0.15) is 17.3 Å². The van der Waals surface area contributed by atoms with Gasteiger partial charge in [0.1, 0.15) is 12.9 Å². The minimum Gasteiger partial charge on any atom is -0.482 e. The van der Waals surface area contributed by atoms with Crippen molar-refractivity contribution in [1.82, 2.24) is 15.0 Å². The van der Waals surface area contributed by atoms with Gasteiger partial charge in [-0.2, -0.15) is 0 Å². The number of aryl methyl sites for hydroxylation is 2. The molecule has 0 bridgehead atoms. The van der Waals surface area contributed by atoms with Crippen LogP contribution in [0.4, 0.5) is 0 Å². The van der Waals surface area contributed by atoms with Crippen molar-refractivity contribution in [3.05, 3.63) is 36.1 Å². The van der Waals surface area contributed by atoms with E-state index in [9.17, 15) is 0 Å². The second kappa shape index (κ2) is 4.08. The number of nitrogens with zero attached hydrogens (tertiary/aromatic N) is 3. The van der Waals surface area contributed by atoms with Crippen molar-refractivity contribution >= 4 is 0 Å². The Morgan fingerprint density at radius 1 is 1.27 bits per heavy atom. The lowest BCUT2D eigenvalue weighted by molar-refractivity contribution is 0.264. The highest BCUT2D eigenvalue weighted by Crippen LogP contribution is 2.13. The highest BCUT2D eigenvalue weighted by molar-refractivity contribution is 5.12. The fourth-order valence-corrected chi connectivity index (χ4v) is 1.22. The average molecular weight is 205 g/mol. The Morgan fingerprint density at radius 3 is 2.60 bits per heavy atom. The lowest BCUT2D eigenvalue weighted by atomic mass is 10.4. The molecule has 0 amide bonds. The van der Waals surface area contributed by atoms with Gasteiger partial charge in [0.15, 0.2) is 17.4 Å². The summed E-state index contributed by atoms with van der Waals surface area (Å²) in [5.74, 6) is 2.00. The molecule has 0 spiro atoms. The maximum atomic E-state index is 5.43. The van der Waals surface area contributed by atoms with Gasteiger partial charge in [-0.15, -0.1) is 0 Å². The zero-order chi connectivity index (χ0) is 10.7. The normalized spacial score (nSPS) is 10.3. The molecule has 0 aliphatic carbocycles. The number of hydrogen-bond donors (Lipinski definition) is 0. The van der Waals surface area contributed by atoms with E-state index in [0.717, 1.165) is 11.5 Å². The van der Waals surface area contributed by atoms with Gasteiger partial charge in [0.2, 0.25) is 0 Å². The van der Waals surface area contributed by atoms with Gasteiger partial charge in [0.05, 0.1) is 18.1 Å². The van der Waals surface area contributed by atoms with E-state index in [4.69, 9.17) is 9.15 Å². The molecular formula is C10H11N3O2. The third-order valence-corrected chi connectivity index (χ3v) is 1.91. The first-order chi connectivity index (χ1) is 7.25. The summed E-state index contributed by atoms with van der Waals surface area (Å²) in [4.78, 5) is 11.8. The molecule has 2 aromatic heterocycles. The summed E-state index contributed by atoms with van der Waals surface area (Å²) in [5, 5.41) is 0. The minimum atomic E-state index is 0.347. The van der Waals surface area contributed by atoms with Crippen molar-refractivity contribution in [1.29, 1.82) is 0 Å². The smallest absolute Gasteiger partial charge is 0.191 e. The Labute approximate surface area is 87.2 Å². The van der Waals surface area contributed by atoms with Crippen LogP contribution in [0.25, 0.3) is 0 Å². The lowest BCUT2D eigenvalue weighted by Crippen LogP contribution is -1.96. The van der Waals surface area contributed by atoms with Gasteiger partial charge in [-0.05, 0) is 6.92 Å². The van der Waals surface area contributed by atoms with Gasteiger partial charge in [0.25, 0.3) is 0 Å². The molecule has 0 saturated heterocycles. The van der Waals surface area contributed by atoms with Crippen LogP contribution in [0, 0.1) is 13.8 Å². The molecule has 0 unspecified atom stereocenters. The second-order valence-electron chi connectivity index (χ2n) is 3.10. The molecule has 15 heavy (non-hydrogen) atoms. The first-order valence-corrected chi connectivity index (χ1v) is 4.56. The van der Waals surface area contributed by atoms with E-state index >= 15 is 0 Å². The molecule has 0 fully saturated rings. The summed E-state index contributed by atoms with van der Waals surface area (Å²) in [7, 11) is 0. The number of hydrogen-bond acceptors (Lipinski definition) is 5. The van der Waals surface area contributed by atoms with Crippen LogP contribution in [-0.2, 0) is 6.61 Å². The van der Waals surface area contributed by atoms with Crippen LogP contribution >= 0.6 is 0 Å². The van der Waals surface area contributed by atoms with Crippen LogP contribution in [0.3, 0.4) is 0 Å². The molecule has 0 N–H and O–H groups in total. The van der Waals surface area contributed by atoms with Gasteiger partial charge in [0, 0.05) is 6.92 Å². The van der Waals surface area contributed by atoms with Crippen molar-refractivity contribution in [2.24, 2.45) is 0 Å². The van der Waals surface area contributed by atoms with Gasteiger partial charge in [-0.1, -0.05) is 0 Å². The predicted octanol–water partition coefficient (Wildman–Crippen LogP) is 1.66. The topological polar surface area (TPSA) is 61.0 Å². The van der Waals surface area contributed by atoms with Crippen LogP contribution < -0.4 is 4.74 Å². The second-order valence-corrected chi connectivity index (χ2v) is 3.10. The van der Waals surface area contributed by atoms with E-state index in [-0.39, 0.29) is 0 Å². The summed E-state index contributed by atoms with van der Waals surface area (Å²) in [6, 6.07) is 0. The Balaban J connectivity index is 2.02. The summed E-state index contributed by atoms with van der Waals surface area (Å²) in [6.45, 7) is 4.04. The van der Waals surface area contributed by atoms with Crippen LogP contribution in [0.2, 0.25) is 0 Å². The SMILES string of the molecule is Cc1nc(C)c(COc2cncnc2)o1. The predicted molar refractivity (Wildman–Crippen MR) is 52.3 cm³/mol. The van der Waals surface area contributed by atoms with E-state index in [2.05, 4.69) is 15.0 Å². The van der Waals surface area contributed by atoms with Crippen LogP contribution in [0.15, 0.2) is 23.1 Å². The third-order valence-electron chi connectivity index (χ3n) is 1.91. The molecule has 78 valence electrons. The lowest BCUT2D eigenvalue weighted by Gasteiger charge is -2.02. The minimum absolute atomic E-state index is 0.347. The zero-order valence-corrected chi connectivity index (χ0v) is 8.60. The Kier molecular flexibility index (Phi) is 2.62. The molecule has 5 nitrogen and oxygen atoms in total. The molecule has 0 aromatic carbocycles. The first kappa shape index (κ1) is 9.64. The molecule has 0 saturated carbocycles. The zero-order valence-electron chi connectivity index (χ0n) is 8.60. The van der Waals surface area contributed by atoms with Crippen molar-refractivity contribution in [2.45, 2.75) is 20.5 Å². The highest BCUT2D eigenvalue weighted by Gasteiger charge is 2.07. The Bertz CT molecular complexity index is 439. The summed E-state index contributed by atoms with van der Waals surface area (Å²) in [5.41, 5.74) is 0.851. The number of aromatic nitrogens is 3. The Morgan fingerprint density at radius 2 is 2.00 bits per heavy atom. The van der Waals surface area contributed by atoms with Crippen molar-refractivity contribution in [3.8, 4) is 5.75 Å². The average Bonchev–Trinajstić information content (AvgIpc) is 2.56. The quantitative estimate of drug-likeness (QED) is 0.762. The monoisotopic (exact) mass is 205 g/mol. The molecule has 2 aromatic rings. The fraction of sp³-hybridized carbons (Fsp3) is 0.300. The van der Waals surface area contributed by atoms with E-state index in [1.807, 2.05) is 13.8 Å². The van der Waals surface area contributed by atoms with Crippen LogP contribution in [0.5, 0.6) is 5.75 Å².